The molecule has 4 nitrogen and oxygen atoms in total. The number of hydrogen-bond donors (Lipinski definition) is 2. The molecular weight excluding hydrogens is 483 g/mol. The molecule has 1 amide bonds. The van der Waals surface area contributed by atoms with Crippen LogP contribution in [0.15, 0.2) is 51.4 Å². The van der Waals surface area contributed by atoms with Gasteiger partial charge in [0.2, 0.25) is 0 Å². The highest BCUT2D eigenvalue weighted by atomic mass is 79.9. The van der Waals surface area contributed by atoms with E-state index in [0.29, 0.717) is 8.95 Å². The number of halogens is 5. The number of carbonyl (C=O) groups excluding carboxylic acids is 1. The highest BCUT2D eigenvalue weighted by molar-refractivity contribution is 9.11. The summed E-state index contributed by atoms with van der Waals surface area (Å²) in [5, 5.41) is 11.6. The van der Waals surface area contributed by atoms with Gasteiger partial charge in [-0.15, -0.1) is 0 Å². The van der Waals surface area contributed by atoms with Gasteiger partial charge in [-0.25, -0.2) is 4.79 Å². The van der Waals surface area contributed by atoms with Crippen molar-refractivity contribution < 1.29 is 27.9 Å². The summed E-state index contributed by atoms with van der Waals surface area (Å²) in [5.74, 6) is -2.13. The number of alkyl halides is 3. The largest absolute Gasteiger partial charge is 0.480 e. The van der Waals surface area contributed by atoms with Crippen LogP contribution >= 0.6 is 31.9 Å². The maximum Gasteiger partial charge on any atom is 0.416 e. The number of nitrogens with one attached hydrogen (secondary N) is 1. The van der Waals surface area contributed by atoms with Crippen LogP contribution in [0.4, 0.5) is 13.2 Å². The van der Waals surface area contributed by atoms with Crippen LogP contribution in [0.25, 0.3) is 0 Å². The van der Waals surface area contributed by atoms with Crippen molar-refractivity contribution in [2.45, 2.75) is 18.6 Å². The van der Waals surface area contributed by atoms with E-state index in [0.717, 1.165) is 6.07 Å². The normalized spacial score (nSPS) is 12.5. The summed E-state index contributed by atoms with van der Waals surface area (Å²) in [5.41, 5.74) is -0.963. The summed E-state index contributed by atoms with van der Waals surface area (Å²) < 4.78 is 40.4. The van der Waals surface area contributed by atoms with Gasteiger partial charge < -0.3 is 10.4 Å². The van der Waals surface area contributed by atoms with Gasteiger partial charge in [-0.1, -0.05) is 50.1 Å². The van der Waals surface area contributed by atoms with E-state index >= 15 is 0 Å². The minimum Gasteiger partial charge on any atom is -0.480 e. The molecule has 0 saturated heterocycles. The summed E-state index contributed by atoms with van der Waals surface area (Å²) in [6.07, 6.45) is -5.11. The van der Waals surface area contributed by atoms with E-state index in [9.17, 15) is 27.9 Å². The van der Waals surface area contributed by atoms with Crippen molar-refractivity contribution >= 4 is 43.7 Å². The van der Waals surface area contributed by atoms with Gasteiger partial charge in [0.05, 0.1) is 5.56 Å². The predicted molar refractivity (Wildman–Crippen MR) is 95.9 cm³/mol. The molecule has 0 spiro atoms. The summed E-state index contributed by atoms with van der Waals surface area (Å²) in [6, 6.07) is 7.80. The Kier molecular flexibility index (Phi) is 6.46. The van der Waals surface area contributed by atoms with Crippen LogP contribution in [0.3, 0.4) is 0 Å². The van der Waals surface area contributed by atoms with E-state index in [-0.39, 0.29) is 11.1 Å². The fraction of sp³-hybridized carbons (Fsp3) is 0.176. The van der Waals surface area contributed by atoms with Crippen molar-refractivity contribution in [3.63, 3.8) is 0 Å². The first-order chi connectivity index (χ1) is 12.1. The molecular formula is C17H12Br2F3NO3. The van der Waals surface area contributed by atoms with E-state index in [1.165, 1.54) is 30.3 Å². The monoisotopic (exact) mass is 493 g/mol. The van der Waals surface area contributed by atoms with Crippen molar-refractivity contribution in [2.24, 2.45) is 0 Å². The third-order valence-electron chi connectivity index (χ3n) is 3.47. The standard InChI is InChI=1S/C17H12Br2F3NO3/c18-11-5-10(6-12(19)8-11)15(24)23-14(16(25)26)7-9-3-1-2-4-13(9)17(20,21)22/h1-6,8,14H,7H2,(H,23,24)(H,25,26)/t14-/m1/s1. The lowest BCUT2D eigenvalue weighted by molar-refractivity contribution is -0.141. The predicted octanol–water partition coefficient (Wildman–Crippen LogP) is 4.66. The lowest BCUT2D eigenvalue weighted by atomic mass is 9.99. The third kappa shape index (κ3) is 5.31. The van der Waals surface area contributed by atoms with Crippen molar-refractivity contribution in [1.82, 2.24) is 5.32 Å². The second-order valence-corrected chi connectivity index (χ2v) is 7.21. The fourth-order valence-corrected chi connectivity index (χ4v) is 3.62. The first-order valence-electron chi connectivity index (χ1n) is 7.23. The Bertz CT molecular complexity index is 820. The van der Waals surface area contributed by atoms with Crippen molar-refractivity contribution in [3.05, 3.63) is 68.1 Å². The summed E-state index contributed by atoms with van der Waals surface area (Å²) in [7, 11) is 0. The zero-order valence-corrected chi connectivity index (χ0v) is 16.2. The second-order valence-electron chi connectivity index (χ2n) is 5.38. The summed E-state index contributed by atoms with van der Waals surface area (Å²) >= 11 is 6.42. The van der Waals surface area contributed by atoms with Gasteiger partial charge in [0.15, 0.2) is 0 Å². The molecule has 2 aromatic carbocycles. The van der Waals surface area contributed by atoms with Gasteiger partial charge >= 0.3 is 12.1 Å². The summed E-state index contributed by atoms with van der Waals surface area (Å²) in [4.78, 5) is 23.7. The Labute approximate surface area is 163 Å². The highest BCUT2D eigenvalue weighted by Gasteiger charge is 2.34. The first kappa shape index (κ1) is 20.4. The molecule has 0 aromatic heterocycles. The Morgan fingerprint density at radius 3 is 2.19 bits per heavy atom. The SMILES string of the molecule is O=C(N[C@H](Cc1ccccc1C(F)(F)F)C(=O)O)c1cc(Br)cc(Br)c1. The number of benzene rings is 2. The van der Waals surface area contributed by atoms with Gasteiger partial charge in [-0.3, -0.25) is 4.79 Å². The molecule has 0 heterocycles. The average Bonchev–Trinajstić information content (AvgIpc) is 2.52. The van der Waals surface area contributed by atoms with Gasteiger partial charge in [-0.05, 0) is 29.8 Å². The number of carboxylic acid groups (broad SMARTS) is 1. The number of aliphatic carboxylic acids is 1. The molecule has 138 valence electrons. The Balaban J connectivity index is 2.26. The molecule has 0 aliphatic rings. The molecule has 0 bridgehead atoms. The van der Waals surface area contributed by atoms with Crippen LogP contribution in [0.2, 0.25) is 0 Å². The van der Waals surface area contributed by atoms with Gasteiger partial charge in [0, 0.05) is 20.9 Å². The molecule has 0 saturated carbocycles. The molecule has 0 aliphatic carbocycles. The number of rotatable bonds is 5. The summed E-state index contributed by atoms with van der Waals surface area (Å²) in [6.45, 7) is 0. The van der Waals surface area contributed by atoms with Gasteiger partial charge in [0.25, 0.3) is 5.91 Å². The molecule has 9 heteroatoms. The fourth-order valence-electron chi connectivity index (χ4n) is 2.32. The molecule has 2 rings (SSSR count). The van der Waals surface area contributed by atoms with Crippen LogP contribution in [0, 0.1) is 0 Å². The van der Waals surface area contributed by atoms with Gasteiger partial charge in [0.1, 0.15) is 6.04 Å². The first-order valence-corrected chi connectivity index (χ1v) is 8.81. The Hall–Kier alpha value is -1.87. The minimum absolute atomic E-state index is 0.168. The topological polar surface area (TPSA) is 66.4 Å². The van der Waals surface area contributed by atoms with Crippen LogP contribution in [-0.4, -0.2) is 23.0 Å². The molecule has 26 heavy (non-hydrogen) atoms. The van der Waals surface area contributed by atoms with E-state index < -0.39 is 36.1 Å². The molecule has 1 atom stereocenters. The number of carboxylic acids is 1. The molecule has 0 radical (unpaired) electrons. The van der Waals surface area contributed by atoms with Crippen LogP contribution in [-0.2, 0) is 17.4 Å². The maximum absolute atomic E-state index is 13.1. The Morgan fingerprint density at radius 2 is 1.65 bits per heavy atom. The zero-order chi connectivity index (χ0) is 19.5. The van der Waals surface area contributed by atoms with Crippen LogP contribution in [0.1, 0.15) is 21.5 Å². The minimum atomic E-state index is -4.61. The van der Waals surface area contributed by atoms with E-state index in [1.54, 1.807) is 6.07 Å². The number of hydrogen-bond acceptors (Lipinski definition) is 2. The van der Waals surface area contributed by atoms with Crippen molar-refractivity contribution in [1.29, 1.82) is 0 Å². The quantitative estimate of drug-likeness (QED) is 0.635. The van der Waals surface area contributed by atoms with Crippen LogP contribution < -0.4 is 5.32 Å². The molecule has 2 aromatic rings. The molecule has 0 fully saturated rings. The molecule has 0 unspecified atom stereocenters. The molecule has 2 N–H and O–H groups in total. The lowest BCUT2D eigenvalue weighted by Crippen LogP contribution is -2.42. The van der Waals surface area contributed by atoms with Crippen molar-refractivity contribution in [2.75, 3.05) is 0 Å². The number of carbonyl (C=O) groups is 2. The number of amides is 1. The molecule has 0 aliphatic heterocycles. The highest BCUT2D eigenvalue weighted by Crippen LogP contribution is 2.32. The van der Waals surface area contributed by atoms with E-state index in [4.69, 9.17) is 0 Å². The lowest BCUT2D eigenvalue weighted by Gasteiger charge is -2.18. The smallest absolute Gasteiger partial charge is 0.416 e. The second kappa shape index (κ2) is 8.22. The zero-order valence-electron chi connectivity index (χ0n) is 13.0. The van der Waals surface area contributed by atoms with Crippen molar-refractivity contribution in [3.8, 4) is 0 Å². The van der Waals surface area contributed by atoms with Crippen LogP contribution in [0.5, 0.6) is 0 Å². The van der Waals surface area contributed by atoms with Gasteiger partial charge in [-0.2, -0.15) is 13.2 Å². The average molecular weight is 495 g/mol. The Morgan fingerprint density at radius 1 is 1.08 bits per heavy atom. The maximum atomic E-state index is 13.1. The van der Waals surface area contributed by atoms with E-state index in [2.05, 4.69) is 37.2 Å². The van der Waals surface area contributed by atoms with E-state index in [1.807, 2.05) is 0 Å². The third-order valence-corrected chi connectivity index (χ3v) is 4.39.